The summed E-state index contributed by atoms with van der Waals surface area (Å²) < 4.78 is 23.6. The SMILES string of the molecule is O=C(O)c1ccc(Br)c(S(=O)(=O)CCO)c1. The number of aliphatic hydroxyl groups excluding tert-OH is 1. The Hall–Kier alpha value is -0.920. The Labute approximate surface area is 101 Å². The molecule has 7 heteroatoms. The molecular weight excluding hydrogens is 300 g/mol. The summed E-state index contributed by atoms with van der Waals surface area (Å²) in [6.07, 6.45) is 0. The molecule has 1 aromatic carbocycles. The van der Waals surface area contributed by atoms with Crippen molar-refractivity contribution < 1.29 is 23.4 Å². The van der Waals surface area contributed by atoms with Crippen molar-refractivity contribution >= 4 is 31.7 Å². The Morgan fingerprint density at radius 3 is 2.50 bits per heavy atom. The zero-order valence-corrected chi connectivity index (χ0v) is 10.5. The summed E-state index contributed by atoms with van der Waals surface area (Å²) in [5.74, 6) is -1.64. The van der Waals surface area contributed by atoms with Crippen molar-refractivity contribution in [2.24, 2.45) is 0 Å². The molecule has 0 amide bonds. The Morgan fingerprint density at radius 2 is 2.00 bits per heavy atom. The minimum absolute atomic E-state index is 0.111. The summed E-state index contributed by atoms with van der Waals surface area (Å²) in [4.78, 5) is 10.6. The second-order valence-corrected chi connectivity index (χ2v) is 5.92. The van der Waals surface area contributed by atoms with Gasteiger partial charge in [0.15, 0.2) is 9.84 Å². The van der Waals surface area contributed by atoms with Gasteiger partial charge in [-0.3, -0.25) is 0 Å². The van der Waals surface area contributed by atoms with Crippen LogP contribution >= 0.6 is 15.9 Å². The summed E-state index contributed by atoms with van der Waals surface area (Å²) in [5, 5.41) is 17.4. The van der Waals surface area contributed by atoms with Crippen molar-refractivity contribution in [3.05, 3.63) is 28.2 Å². The van der Waals surface area contributed by atoms with Crippen LogP contribution in [0, 0.1) is 0 Å². The van der Waals surface area contributed by atoms with Gasteiger partial charge in [-0.25, -0.2) is 13.2 Å². The summed E-state index contributed by atoms with van der Waals surface area (Å²) >= 11 is 3.03. The van der Waals surface area contributed by atoms with Crippen LogP contribution in [0.1, 0.15) is 10.4 Å². The largest absolute Gasteiger partial charge is 0.478 e. The Bertz CT molecular complexity index is 509. The molecule has 5 nitrogen and oxygen atoms in total. The third-order valence-electron chi connectivity index (χ3n) is 1.87. The molecule has 2 N–H and O–H groups in total. The van der Waals surface area contributed by atoms with Gasteiger partial charge in [-0.2, -0.15) is 0 Å². The molecule has 0 saturated heterocycles. The fourth-order valence-corrected chi connectivity index (χ4v) is 3.22. The van der Waals surface area contributed by atoms with Gasteiger partial charge in [0.1, 0.15) is 0 Å². The maximum atomic E-state index is 11.6. The molecule has 0 fully saturated rings. The fraction of sp³-hybridized carbons (Fsp3) is 0.222. The highest BCUT2D eigenvalue weighted by Gasteiger charge is 2.19. The van der Waals surface area contributed by atoms with E-state index >= 15 is 0 Å². The van der Waals surface area contributed by atoms with E-state index in [1.807, 2.05) is 0 Å². The van der Waals surface area contributed by atoms with Crippen molar-refractivity contribution in [2.45, 2.75) is 4.90 Å². The molecular formula is C9H9BrO5S. The number of benzene rings is 1. The van der Waals surface area contributed by atoms with Gasteiger partial charge in [0.2, 0.25) is 0 Å². The Morgan fingerprint density at radius 1 is 1.38 bits per heavy atom. The number of carbonyl (C=O) groups is 1. The van der Waals surface area contributed by atoms with Gasteiger partial charge < -0.3 is 10.2 Å². The minimum Gasteiger partial charge on any atom is -0.478 e. The molecule has 0 saturated carbocycles. The Kier molecular flexibility index (Phi) is 4.06. The van der Waals surface area contributed by atoms with Gasteiger partial charge in [-0.1, -0.05) is 0 Å². The number of carboxylic acids is 1. The van der Waals surface area contributed by atoms with Crippen LogP contribution < -0.4 is 0 Å². The number of aliphatic hydroxyl groups is 1. The smallest absolute Gasteiger partial charge is 0.335 e. The van der Waals surface area contributed by atoms with Crippen LogP contribution in [-0.2, 0) is 9.84 Å². The summed E-state index contributed by atoms with van der Waals surface area (Å²) in [5.41, 5.74) is -0.111. The van der Waals surface area contributed by atoms with Gasteiger partial charge in [0.25, 0.3) is 0 Å². The van der Waals surface area contributed by atoms with Gasteiger partial charge in [-0.15, -0.1) is 0 Å². The van der Waals surface area contributed by atoms with E-state index in [4.69, 9.17) is 10.2 Å². The zero-order valence-electron chi connectivity index (χ0n) is 8.05. The maximum absolute atomic E-state index is 11.6. The lowest BCUT2D eigenvalue weighted by atomic mass is 10.2. The van der Waals surface area contributed by atoms with E-state index in [2.05, 4.69) is 15.9 Å². The second kappa shape index (κ2) is 4.94. The van der Waals surface area contributed by atoms with Crippen molar-refractivity contribution in [2.75, 3.05) is 12.4 Å². The fourth-order valence-electron chi connectivity index (χ4n) is 1.10. The standard InChI is InChI=1S/C9H9BrO5S/c10-7-2-1-6(9(12)13)5-8(7)16(14,15)4-3-11/h1-2,5,11H,3-4H2,(H,12,13). The van der Waals surface area contributed by atoms with Crippen LogP contribution in [-0.4, -0.2) is 37.0 Å². The number of hydrogen-bond acceptors (Lipinski definition) is 4. The van der Waals surface area contributed by atoms with E-state index in [-0.39, 0.29) is 14.9 Å². The molecule has 0 aliphatic rings. The third kappa shape index (κ3) is 2.81. The molecule has 16 heavy (non-hydrogen) atoms. The molecule has 0 radical (unpaired) electrons. The lowest BCUT2D eigenvalue weighted by Gasteiger charge is -2.06. The molecule has 0 heterocycles. The normalized spacial score (nSPS) is 11.4. The molecule has 0 unspecified atom stereocenters. The quantitative estimate of drug-likeness (QED) is 0.862. The molecule has 88 valence electrons. The zero-order chi connectivity index (χ0) is 12.3. The Balaban J connectivity index is 3.33. The molecule has 0 aliphatic heterocycles. The van der Waals surface area contributed by atoms with E-state index in [0.29, 0.717) is 0 Å². The minimum atomic E-state index is -3.66. The van der Waals surface area contributed by atoms with Crippen LogP contribution in [0.5, 0.6) is 0 Å². The van der Waals surface area contributed by atoms with E-state index in [1.54, 1.807) is 0 Å². The first kappa shape index (κ1) is 13.1. The first-order chi connectivity index (χ1) is 7.38. The highest BCUT2D eigenvalue weighted by molar-refractivity contribution is 9.10. The average Bonchev–Trinajstić information content (AvgIpc) is 2.17. The number of hydrogen-bond donors (Lipinski definition) is 2. The summed E-state index contributed by atoms with van der Waals surface area (Å²) in [6, 6.07) is 3.72. The van der Waals surface area contributed by atoms with Crippen molar-refractivity contribution in [3.63, 3.8) is 0 Å². The highest BCUT2D eigenvalue weighted by atomic mass is 79.9. The first-order valence-corrected chi connectivity index (χ1v) is 6.69. The summed E-state index contributed by atoms with van der Waals surface area (Å²) in [6.45, 7) is -0.508. The van der Waals surface area contributed by atoms with Crippen LogP contribution in [0.4, 0.5) is 0 Å². The molecule has 1 aromatic rings. The van der Waals surface area contributed by atoms with Crippen LogP contribution in [0.3, 0.4) is 0 Å². The van der Waals surface area contributed by atoms with Crippen molar-refractivity contribution in [1.29, 1.82) is 0 Å². The van der Waals surface area contributed by atoms with Crippen molar-refractivity contribution in [3.8, 4) is 0 Å². The van der Waals surface area contributed by atoms with Gasteiger partial charge in [0.05, 0.1) is 22.8 Å². The molecule has 0 aliphatic carbocycles. The first-order valence-electron chi connectivity index (χ1n) is 4.25. The monoisotopic (exact) mass is 308 g/mol. The summed E-state index contributed by atoms with van der Waals surface area (Å²) in [7, 11) is -3.66. The van der Waals surface area contributed by atoms with Crippen LogP contribution in [0.15, 0.2) is 27.6 Å². The predicted molar refractivity (Wildman–Crippen MR) is 60.2 cm³/mol. The van der Waals surface area contributed by atoms with Crippen molar-refractivity contribution in [1.82, 2.24) is 0 Å². The van der Waals surface area contributed by atoms with E-state index in [9.17, 15) is 13.2 Å². The lowest BCUT2D eigenvalue weighted by molar-refractivity contribution is 0.0696. The second-order valence-electron chi connectivity index (χ2n) is 2.99. The van der Waals surface area contributed by atoms with Crippen LogP contribution in [0.25, 0.3) is 0 Å². The lowest BCUT2D eigenvalue weighted by Crippen LogP contribution is -2.11. The average molecular weight is 309 g/mol. The number of halogens is 1. The highest BCUT2D eigenvalue weighted by Crippen LogP contribution is 2.24. The molecule has 0 aromatic heterocycles. The molecule has 0 atom stereocenters. The molecule has 1 rings (SSSR count). The third-order valence-corrected chi connectivity index (χ3v) is 4.56. The number of carboxylic acid groups (broad SMARTS) is 1. The van der Waals surface area contributed by atoms with Crippen LogP contribution in [0.2, 0.25) is 0 Å². The van der Waals surface area contributed by atoms with Gasteiger partial charge in [-0.05, 0) is 34.1 Å². The maximum Gasteiger partial charge on any atom is 0.335 e. The number of sulfone groups is 1. The number of aromatic carboxylic acids is 1. The predicted octanol–water partition coefficient (Wildman–Crippen LogP) is 0.913. The molecule has 0 spiro atoms. The van der Waals surface area contributed by atoms with E-state index in [0.717, 1.165) is 6.07 Å². The van der Waals surface area contributed by atoms with Gasteiger partial charge in [0, 0.05) is 4.47 Å². The van der Waals surface area contributed by atoms with E-state index < -0.39 is 28.2 Å². The molecule has 0 bridgehead atoms. The topological polar surface area (TPSA) is 91.7 Å². The van der Waals surface area contributed by atoms with E-state index in [1.165, 1.54) is 12.1 Å². The number of rotatable bonds is 4. The van der Waals surface area contributed by atoms with Gasteiger partial charge >= 0.3 is 5.97 Å².